The minimum atomic E-state index is -0.0337. The molecule has 0 aromatic heterocycles. The molecule has 0 saturated heterocycles. The Bertz CT molecular complexity index is 632. The van der Waals surface area contributed by atoms with E-state index in [1.807, 2.05) is 6.07 Å². The van der Waals surface area contributed by atoms with E-state index in [1.165, 1.54) is 17.5 Å². The van der Waals surface area contributed by atoms with Gasteiger partial charge in [-0.15, -0.1) is 0 Å². The van der Waals surface area contributed by atoms with Crippen molar-refractivity contribution < 1.29 is 9.90 Å². The van der Waals surface area contributed by atoms with Crippen molar-refractivity contribution in [2.45, 2.75) is 25.7 Å². The lowest BCUT2D eigenvalue weighted by atomic mass is 10.1. The molecule has 0 atom stereocenters. The molecule has 2 N–H and O–H groups in total. The van der Waals surface area contributed by atoms with E-state index in [1.54, 1.807) is 24.3 Å². The van der Waals surface area contributed by atoms with E-state index in [4.69, 9.17) is 0 Å². The molecule has 1 aliphatic carbocycles. The Morgan fingerprint density at radius 1 is 1.05 bits per heavy atom. The predicted octanol–water partition coefficient (Wildman–Crippen LogP) is 3.06. The first-order valence-corrected chi connectivity index (χ1v) is 6.90. The zero-order valence-corrected chi connectivity index (χ0v) is 11.2. The second-order valence-electron chi connectivity index (χ2n) is 5.23. The Morgan fingerprint density at radius 3 is 2.60 bits per heavy atom. The summed E-state index contributed by atoms with van der Waals surface area (Å²) in [4.78, 5) is 12.0. The lowest BCUT2D eigenvalue weighted by Gasteiger charge is -2.07. The fourth-order valence-corrected chi connectivity index (χ4v) is 2.65. The highest BCUT2D eigenvalue weighted by Crippen LogP contribution is 2.25. The van der Waals surface area contributed by atoms with Gasteiger partial charge in [-0.2, -0.15) is 0 Å². The summed E-state index contributed by atoms with van der Waals surface area (Å²) in [5.41, 5.74) is 4.52. The minimum absolute atomic E-state index is 0.0337. The van der Waals surface area contributed by atoms with Gasteiger partial charge in [0, 0.05) is 5.69 Å². The van der Waals surface area contributed by atoms with Gasteiger partial charge in [0.2, 0.25) is 5.91 Å². The first-order chi connectivity index (χ1) is 9.70. The number of phenols is 1. The maximum atomic E-state index is 12.0. The lowest BCUT2D eigenvalue weighted by Crippen LogP contribution is -2.14. The number of rotatable bonds is 3. The van der Waals surface area contributed by atoms with E-state index in [0.717, 1.165) is 24.1 Å². The van der Waals surface area contributed by atoms with Gasteiger partial charge < -0.3 is 10.4 Å². The number of hydrogen-bond acceptors (Lipinski definition) is 2. The van der Waals surface area contributed by atoms with Crippen molar-refractivity contribution in [3.63, 3.8) is 0 Å². The molecule has 0 radical (unpaired) electrons. The normalized spacial score (nSPS) is 13.0. The van der Waals surface area contributed by atoms with E-state index in [-0.39, 0.29) is 11.7 Å². The number of fused-ring (bicyclic) bond motifs is 1. The molecule has 1 amide bonds. The number of nitrogens with one attached hydrogen (secondary N) is 1. The van der Waals surface area contributed by atoms with Gasteiger partial charge in [-0.3, -0.25) is 4.79 Å². The molecule has 0 heterocycles. The molecule has 0 fully saturated rings. The standard InChI is InChI=1S/C17H17NO2/c19-16-8-4-12(5-9-16)10-17(20)18-15-7-6-13-2-1-3-14(13)11-15/h4-9,11,19H,1-3,10H2,(H,18,20). The van der Waals surface area contributed by atoms with Crippen molar-refractivity contribution in [2.24, 2.45) is 0 Å². The third-order valence-corrected chi connectivity index (χ3v) is 3.68. The van der Waals surface area contributed by atoms with Crippen molar-refractivity contribution in [3.05, 3.63) is 59.2 Å². The van der Waals surface area contributed by atoms with Crippen LogP contribution in [0, 0.1) is 0 Å². The van der Waals surface area contributed by atoms with Crippen molar-refractivity contribution >= 4 is 11.6 Å². The second kappa shape index (κ2) is 5.37. The van der Waals surface area contributed by atoms with Gasteiger partial charge in [0.25, 0.3) is 0 Å². The summed E-state index contributed by atoms with van der Waals surface area (Å²) in [7, 11) is 0. The molecular formula is C17H17NO2. The monoisotopic (exact) mass is 267 g/mol. The van der Waals surface area contributed by atoms with E-state index in [9.17, 15) is 9.90 Å². The zero-order valence-electron chi connectivity index (χ0n) is 11.2. The molecular weight excluding hydrogens is 250 g/mol. The number of carbonyl (C=O) groups is 1. The first-order valence-electron chi connectivity index (χ1n) is 6.90. The molecule has 20 heavy (non-hydrogen) atoms. The number of benzene rings is 2. The summed E-state index contributed by atoms with van der Waals surface area (Å²) in [5.74, 6) is 0.182. The molecule has 2 aromatic carbocycles. The Hall–Kier alpha value is -2.29. The summed E-state index contributed by atoms with van der Waals surface area (Å²) >= 11 is 0. The van der Waals surface area contributed by atoms with E-state index >= 15 is 0 Å². The fraction of sp³-hybridized carbons (Fsp3) is 0.235. The number of carbonyl (C=O) groups excluding carboxylic acids is 1. The number of anilines is 1. The van der Waals surface area contributed by atoms with Crippen molar-refractivity contribution in [1.29, 1.82) is 0 Å². The number of phenolic OH excluding ortho intramolecular Hbond substituents is 1. The van der Waals surface area contributed by atoms with E-state index in [2.05, 4.69) is 17.4 Å². The average Bonchev–Trinajstić information content (AvgIpc) is 2.89. The third-order valence-electron chi connectivity index (χ3n) is 3.68. The van der Waals surface area contributed by atoms with Gasteiger partial charge in [0.1, 0.15) is 5.75 Å². The summed E-state index contributed by atoms with van der Waals surface area (Å²) in [5, 5.41) is 12.1. The van der Waals surface area contributed by atoms with Gasteiger partial charge >= 0.3 is 0 Å². The van der Waals surface area contributed by atoms with Crippen LogP contribution in [0.5, 0.6) is 5.75 Å². The molecule has 3 nitrogen and oxygen atoms in total. The Labute approximate surface area is 118 Å². The van der Waals surface area contributed by atoms with Crippen LogP contribution in [-0.2, 0) is 24.1 Å². The molecule has 0 saturated carbocycles. The first kappa shape index (κ1) is 12.7. The van der Waals surface area contributed by atoms with Gasteiger partial charge in [-0.1, -0.05) is 18.2 Å². The van der Waals surface area contributed by atoms with Crippen LogP contribution in [0.4, 0.5) is 5.69 Å². The van der Waals surface area contributed by atoms with Crippen LogP contribution in [0.1, 0.15) is 23.1 Å². The summed E-state index contributed by atoms with van der Waals surface area (Å²) in [6.45, 7) is 0. The van der Waals surface area contributed by atoms with Crippen LogP contribution in [0.2, 0.25) is 0 Å². The highest BCUT2D eigenvalue weighted by atomic mass is 16.3. The maximum absolute atomic E-state index is 12.0. The molecule has 0 aliphatic heterocycles. The van der Waals surface area contributed by atoms with Crippen molar-refractivity contribution in [2.75, 3.05) is 5.32 Å². The van der Waals surface area contributed by atoms with Crippen molar-refractivity contribution in [3.8, 4) is 5.75 Å². The number of aromatic hydroxyl groups is 1. The van der Waals surface area contributed by atoms with Gasteiger partial charge in [0.15, 0.2) is 0 Å². The van der Waals surface area contributed by atoms with Crippen molar-refractivity contribution in [1.82, 2.24) is 0 Å². The van der Waals surface area contributed by atoms with E-state index in [0.29, 0.717) is 6.42 Å². The van der Waals surface area contributed by atoms with Crippen LogP contribution >= 0.6 is 0 Å². The smallest absolute Gasteiger partial charge is 0.228 e. The fourth-order valence-electron chi connectivity index (χ4n) is 2.65. The van der Waals surface area contributed by atoms with Crippen LogP contribution in [0.3, 0.4) is 0 Å². The molecule has 0 spiro atoms. The topological polar surface area (TPSA) is 49.3 Å². The summed E-state index contributed by atoms with van der Waals surface area (Å²) < 4.78 is 0. The second-order valence-corrected chi connectivity index (χ2v) is 5.23. The largest absolute Gasteiger partial charge is 0.508 e. The molecule has 0 bridgehead atoms. The highest BCUT2D eigenvalue weighted by molar-refractivity contribution is 5.92. The lowest BCUT2D eigenvalue weighted by molar-refractivity contribution is -0.115. The van der Waals surface area contributed by atoms with Crippen LogP contribution in [0.15, 0.2) is 42.5 Å². The molecule has 102 valence electrons. The summed E-state index contributed by atoms with van der Waals surface area (Å²) in [6, 6.07) is 12.9. The van der Waals surface area contributed by atoms with Crippen LogP contribution < -0.4 is 5.32 Å². The highest BCUT2D eigenvalue weighted by Gasteiger charge is 2.12. The Morgan fingerprint density at radius 2 is 1.80 bits per heavy atom. The average molecular weight is 267 g/mol. The van der Waals surface area contributed by atoms with Crippen LogP contribution in [-0.4, -0.2) is 11.0 Å². The number of hydrogen-bond donors (Lipinski definition) is 2. The molecule has 1 aliphatic rings. The Balaban J connectivity index is 1.65. The zero-order chi connectivity index (χ0) is 13.9. The molecule has 0 unspecified atom stereocenters. The molecule has 3 rings (SSSR count). The molecule has 2 aromatic rings. The minimum Gasteiger partial charge on any atom is -0.508 e. The third kappa shape index (κ3) is 2.82. The van der Waals surface area contributed by atoms with Gasteiger partial charge in [-0.05, 0) is 60.2 Å². The van der Waals surface area contributed by atoms with Gasteiger partial charge in [-0.25, -0.2) is 0 Å². The predicted molar refractivity (Wildman–Crippen MR) is 78.9 cm³/mol. The maximum Gasteiger partial charge on any atom is 0.228 e. The van der Waals surface area contributed by atoms with Crippen LogP contribution in [0.25, 0.3) is 0 Å². The summed E-state index contributed by atoms with van der Waals surface area (Å²) in [6.07, 6.45) is 3.78. The molecule has 3 heteroatoms. The Kier molecular flexibility index (Phi) is 3.42. The quantitative estimate of drug-likeness (QED) is 0.898. The number of amides is 1. The van der Waals surface area contributed by atoms with Gasteiger partial charge in [0.05, 0.1) is 6.42 Å². The van der Waals surface area contributed by atoms with E-state index < -0.39 is 0 Å². The number of aryl methyl sites for hydroxylation is 2. The SMILES string of the molecule is O=C(Cc1ccc(O)cc1)Nc1ccc2c(c1)CCC2.